The van der Waals surface area contributed by atoms with Crippen LogP contribution in [0, 0.1) is 13.8 Å². The normalized spacial score (nSPS) is 12.6. The highest BCUT2D eigenvalue weighted by Crippen LogP contribution is 2.38. The number of hydrogen-bond donors (Lipinski definition) is 2. The molecule has 8 bridgehead atoms. The van der Waals surface area contributed by atoms with Crippen molar-refractivity contribution in [2.45, 2.75) is 53.4 Å². The van der Waals surface area contributed by atoms with Crippen LogP contribution in [0.4, 0.5) is 0 Å². The highest BCUT2D eigenvalue weighted by atomic mass is 16.5. The maximum absolute atomic E-state index is 12.5. The number of esters is 2. The lowest BCUT2D eigenvalue weighted by atomic mass is 9.96. The van der Waals surface area contributed by atoms with Crippen LogP contribution >= 0.6 is 0 Å². The number of nitrogens with one attached hydrogen (secondary N) is 2. The quantitative estimate of drug-likeness (QED) is 0.119. The summed E-state index contributed by atoms with van der Waals surface area (Å²) in [5.74, 6) is 0.957. The van der Waals surface area contributed by atoms with Crippen LogP contribution in [0.15, 0.2) is 85.5 Å². The number of allylic oxidation sites excluding steroid dienone is 5. The van der Waals surface area contributed by atoms with Gasteiger partial charge in [-0.2, -0.15) is 0 Å². The molecule has 2 aliphatic heterocycles. The Morgan fingerprint density at radius 1 is 0.617 bits per heavy atom. The summed E-state index contributed by atoms with van der Waals surface area (Å²) >= 11 is 0. The van der Waals surface area contributed by atoms with Crippen molar-refractivity contribution < 1.29 is 28.5 Å². The number of H-pyrrole nitrogens is 2. The fourth-order valence-corrected chi connectivity index (χ4v) is 7.85. The molecular weight excluding hydrogens is 753 g/mol. The van der Waals surface area contributed by atoms with Gasteiger partial charge in [-0.1, -0.05) is 43.0 Å². The molecule has 0 saturated carbocycles. The number of rotatable bonds is 12. The average Bonchev–Trinajstić information content (AvgIpc) is 3.93. The number of aromatic nitrogens is 4. The van der Waals surface area contributed by atoms with Crippen LogP contribution in [0.3, 0.4) is 0 Å². The standard InChI is InChI=1S/C50H50N4O6/c1-28(34-13-17-36(58-7)18-14-34)50-32(5)43-24-40-30(3)38(20-22-48(55)59-8)45(51-40)27-46-39(21-23-49(56)60-9)31(4)41(52-46)25-44-37(29(2)42(53-44)26-47(50)54-43)19-12-33-10-15-35(57-6)16-11-33/h10-19,24-27,52,54H,1,20-23H2,2-9H3/b19-12+,40-24?,41-25?,42-26?,43-24?,44-25?,45-27?,46-27?,47-26?. The molecule has 0 saturated heterocycles. The van der Waals surface area contributed by atoms with Gasteiger partial charge in [0, 0.05) is 46.0 Å². The lowest BCUT2D eigenvalue weighted by Gasteiger charge is -2.08. The zero-order valence-corrected chi connectivity index (χ0v) is 35.5. The van der Waals surface area contributed by atoms with Crippen LogP contribution in [-0.4, -0.2) is 60.3 Å². The van der Waals surface area contributed by atoms with Crippen molar-refractivity contribution in [3.8, 4) is 11.5 Å². The summed E-state index contributed by atoms with van der Waals surface area (Å²) in [5, 5.41) is 0. The molecule has 60 heavy (non-hydrogen) atoms. The van der Waals surface area contributed by atoms with E-state index in [0.717, 1.165) is 118 Å². The molecule has 0 aliphatic carbocycles. The highest BCUT2D eigenvalue weighted by molar-refractivity contribution is 6.01. The summed E-state index contributed by atoms with van der Waals surface area (Å²) in [6, 6.07) is 24.1. The first-order valence-electron chi connectivity index (χ1n) is 19.9. The number of methoxy groups -OCH3 is 4. The summed E-state index contributed by atoms with van der Waals surface area (Å²) in [7, 11) is 6.11. The van der Waals surface area contributed by atoms with Crippen LogP contribution < -0.4 is 9.47 Å². The summed E-state index contributed by atoms with van der Waals surface area (Å²) < 4.78 is 20.9. The van der Waals surface area contributed by atoms with Gasteiger partial charge < -0.3 is 28.9 Å². The van der Waals surface area contributed by atoms with Crippen LogP contribution in [0.1, 0.15) is 89.3 Å². The van der Waals surface area contributed by atoms with Crippen LogP contribution in [0.2, 0.25) is 0 Å². The highest BCUT2D eigenvalue weighted by Gasteiger charge is 2.22. The molecule has 2 aliphatic rings. The SMILES string of the molecule is C=C(c1ccc(OC)cc1)c1c(C)c2cc3nc(cc4[nH]c(cc5nc(cc1[nH]2)C(C)=C5/C=C/c1ccc(OC)cc1)c(C)c4CCC(=O)OC)C(CCC(=O)OC)=C3C. The van der Waals surface area contributed by atoms with Crippen molar-refractivity contribution in [1.82, 2.24) is 19.9 Å². The Balaban J connectivity index is 1.54. The Labute approximate surface area is 350 Å². The van der Waals surface area contributed by atoms with E-state index in [-0.39, 0.29) is 24.8 Å². The molecule has 2 N–H and O–H groups in total. The molecule has 2 aromatic carbocycles. The molecule has 10 heteroatoms. The number of aromatic amines is 2. The third kappa shape index (κ3) is 8.31. The van der Waals surface area contributed by atoms with Crippen molar-refractivity contribution in [2.75, 3.05) is 28.4 Å². The first kappa shape index (κ1) is 41.2. The van der Waals surface area contributed by atoms with Gasteiger partial charge in [-0.3, -0.25) is 9.59 Å². The number of ether oxygens (including phenoxy) is 4. The van der Waals surface area contributed by atoms with E-state index in [1.165, 1.54) is 14.2 Å². The Morgan fingerprint density at radius 2 is 1.15 bits per heavy atom. The second-order valence-corrected chi connectivity index (χ2v) is 15.0. The number of aryl methyl sites for hydroxylation is 3. The fraction of sp³-hybridized carbons (Fsp3) is 0.240. The molecule has 5 heterocycles. The van der Waals surface area contributed by atoms with Crippen molar-refractivity contribution >= 4 is 67.9 Å². The van der Waals surface area contributed by atoms with Crippen LogP contribution in [0.5, 0.6) is 11.5 Å². The van der Waals surface area contributed by atoms with E-state index in [2.05, 4.69) is 67.7 Å². The number of benzene rings is 2. The molecule has 0 unspecified atom stereocenters. The molecule has 3 aromatic heterocycles. The van der Waals surface area contributed by atoms with Gasteiger partial charge >= 0.3 is 11.9 Å². The third-order valence-electron chi connectivity index (χ3n) is 11.5. The molecular formula is C50H50N4O6. The molecule has 306 valence electrons. The minimum Gasteiger partial charge on any atom is -0.497 e. The van der Waals surface area contributed by atoms with E-state index in [0.29, 0.717) is 12.8 Å². The number of fused-ring (bicyclic) bond motifs is 8. The van der Waals surface area contributed by atoms with E-state index >= 15 is 0 Å². The number of carbonyl (C=O) groups is 2. The van der Waals surface area contributed by atoms with Gasteiger partial charge in [0.2, 0.25) is 0 Å². The molecule has 0 radical (unpaired) electrons. The smallest absolute Gasteiger partial charge is 0.305 e. The average molecular weight is 803 g/mol. The van der Waals surface area contributed by atoms with Gasteiger partial charge in [-0.05, 0) is 139 Å². The van der Waals surface area contributed by atoms with Crippen molar-refractivity contribution in [3.63, 3.8) is 0 Å². The van der Waals surface area contributed by atoms with E-state index in [1.807, 2.05) is 61.5 Å². The maximum Gasteiger partial charge on any atom is 0.305 e. The summed E-state index contributed by atoms with van der Waals surface area (Å²) in [4.78, 5) is 42.8. The molecule has 0 amide bonds. The number of nitrogens with zero attached hydrogens (tertiary/aromatic N) is 2. The second kappa shape index (κ2) is 17.5. The van der Waals surface area contributed by atoms with E-state index in [4.69, 9.17) is 28.9 Å². The van der Waals surface area contributed by atoms with E-state index < -0.39 is 0 Å². The zero-order chi connectivity index (χ0) is 42.7. The molecule has 7 rings (SSSR count). The van der Waals surface area contributed by atoms with Crippen molar-refractivity contribution in [3.05, 3.63) is 142 Å². The van der Waals surface area contributed by atoms with Gasteiger partial charge in [0.05, 0.1) is 51.2 Å². The maximum atomic E-state index is 12.5. The lowest BCUT2D eigenvalue weighted by Crippen LogP contribution is -2.02. The lowest BCUT2D eigenvalue weighted by molar-refractivity contribution is -0.141. The monoisotopic (exact) mass is 802 g/mol. The van der Waals surface area contributed by atoms with Gasteiger partial charge in [0.15, 0.2) is 0 Å². The predicted octanol–water partition coefficient (Wildman–Crippen LogP) is 10.6. The molecule has 0 atom stereocenters. The number of hydrogen-bond acceptors (Lipinski definition) is 8. The van der Waals surface area contributed by atoms with E-state index in [9.17, 15) is 9.59 Å². The Kier molecular flexibility index (Phi) is 12.0. The topological polar surface area (TPSA) is 128 Å². The molecule has 5 aromatic rings. The van der Waals surface area contributed by atoms with Crippen LogP contribution in [-0.2, 0) is 25.5 Å². The third-order valence-corrected chi connectivity index (χ3v) is 11.5. The minimum absolute atomic E-state index is 0.199. The van der Waals surface area contributed by atoms with Crippen LogP contribution in [0.25, 0.3) is 56.0 Å². The summed E-state index contributed by atoms with van der Waals surface area (Å²) in [6.45, 7) is 12.9. The summed E-state index contributed by atoms with van der Waals surface area (Å²) in [5.41, 5.74) is 17.1. The van der Waals surface area contributed by atoms with Gasteiger partial charge in [0.25, 0.3) is 0 Å². The molecule has 10 nitrogen and oxygen atoms in total. The Bertz CT molecular complexity index is 2780. The zero-order valence-electron chi connectivity index (χ0n) is 35.5. The van der Waals surface area contributed by atoms with Crippen molar-refractivity contribution in [1.29, 1.82) is 0 Å². The number of carbonyl (C=O) groups excluding carboxylic acids is 2. The minimum atomic E-state index is -0.299. The predicted molar refractivity (Wildman–Crippen MR) is 240 cm³/mol. The largest absolute Gasteiger partial charge is 0.497 e. The van der Waals surface area contributed by atoms with Gasteiger partial charge in [-0.15, -0.1) is 0 Å². The molecule has 0 fully saturated rings. The summed E-state index contributed by atoms with van der Waals surface area (Å²) in [6.07, 6.45) is 5.48. The van der Waals surface area contributed by atoms with Gasteiger partial charge in [-0.25, -0.2) is 9.97 Å². The second-order valence-electron chi connectivity index (χ2n) is 15.0. The first-order valence-corrected chi connectivity index (χ1v) is 19.9. The van der Waals surface area contributed by atoms with Gasteiger partial charge in [0.1, 0.15) is 11.5 Å². The van der Waals surface area contributed by atoms with Crippen molar-refractivity contribution in [2.24, 2.45) is 0 Å². The fourth-order valence-electron chi connectivity index (χ4n) is 7.85. The Morgan fingerprint density at radius 3 is 1.80 bits per heavy atom. The Hall–Kier alpha value is -6.94. The molecule has 0 spiro atoms. The first-order chi connectivity index (χ1) is 28.9. The van der Waals surface area contributed by atoms with E-state index in [1.54, 1.807) is 14.2 Å².